The molecule has 2 fully saturated rings. The Hall–Kier alpha value is -1.33. The van der Waals surface area contributed by atoms with Gasteiger partial charge in [-0.15, -0.1) is 0 Å². The van der Waals surface area contributed by atoms with Crippen LogP contribution in [0.4, 0.5) is 0 Å². The lowest BCUT2D eigenvalue weighted by Crippen LogP contribution is -2.23. The quantitative estimate of drug-likeness (QED) is 0.881. The lowest BCUT2D eigenvalue weighted by Gasteiger charge is -2.16. The number of hydrogen-bond donors (Lipinski definition) is 1. The van der Waals surface area contributed by atoms with E-state index in [1.165, 1.54) is 25.8 Å². The molecule has 0 radical (unpaired) electrons. The fourth-order valence-electron chi connectivity index (χ4n) is 3.41. The number of likely N-dealkylation sites (tertiary alicyclic amines) is 1. The second kappa shape index (κ2) is 4.60. The first-order valence-corrected chi connectivity index (χ1v) is 7.70. The van der Waals surface area contributed by atoms with Gasteiger partial charge in [-0.2, -0.15) is 0 Å². The molecule has 2 heterocycles. The van der Waals surface area contributed by atoms with Crippen molar-refractivity contribution in [1.82, 2.24) is 14.5 Å². The molecule has 20 heavy (non-hydrogen) atoms. The predicted octanol–water partition coefficient (Wildman–Crippen LogP) is 3.12. The third-order valence-electron chi connectivity index (χ3n) is 4.56. The molecule has 1 saturated carbocycles. The topological polar surface area (TPSA) is 33.2 Å². The Kier molecular flexibility index (Phi) is 2.86. The number of hydrogen-bond acceptors (Lipinski definition) is 3. The van der Waals surface area contributed by atoms with Crippen molar-refractivity contribution in [3.63, 3.8) is 0 Å². The van der Waals surface area contributed by atoms with Gasteiger partial charge in [0.15, 0.2) is 4.77 Å². The van der Waals surface area contributed by atoms with Crippen molar-refractivity contribution in [3.05, 3.63) is 23.0 Å². The second-order valence-electron chi connectivity index (χ2n) is 5.82. The maximum Gasteiger partial charge on any atom is 0.178 e. The zero-order chi connectivity index (χ0) is 13.7. The number of nitrogens with zero attached hydrogens (tertiary/aromatic N) is 2. The van der Waals surface area contributed by atoms with Crippen molar-refractivity contribution in [1.29, 1.82) is 0 Å². The van der Waals surface area contributed by atoms with Gasteiger partial charge in [-0.05, 0) is 43.6 Å². The van der Waals surface area contributed by atoms with E-state index in [4.69, 9.17) is 17.0 Å². The lowest BCUT2D eigenvalue weighted by atomic mass is 10.2. The number of benzene rings is 1. The Bertz CT molecular complexity index is 701. The minimum atomic E-state index is 0.490. The SMILES string of the molecule is COc1cccc2c1[nH]c(=S)n2C1CCN(C2CC2)C1. The Labute approximate surface area is 123 Å². The molecule has 1 aromatic heterocycles. The number of imidazole rings is 1. The summed E-state index contributed by atoms with van der Waals surface area (Å²) in [5, 5.41) is 0. The van der Waals surface area contributed by atoms with Gasteiger partial charge in [0.05, 0.1) is 18.7 Å². The summed E-state index contributed by atoms with van der Waals surface area (Å²) in [6.45, 7) is 2.33. The maximum atomic E-state index is 5.55. The molecule has 0 spiro atoms. The summed E-state index contributed by atoms with van der Waals surface area (Å²) in [4.78, 5) is 5.93. The molecule has 2 aromatic rings. The molecule has 0 bridgehead atoms. The fraction of sp³-hybridized carbons (Fsp3) is 0.533. The summed E-state index contributed by atoms with van der Waals surface area (Å²) in [6.07, 6.45) is 3.94. The van der Waals surface area contributed by atoms with Crippen LogP contribution in [0.25, 0.3) is 11.0 Å². The zero-order valence-electron chi connectivity index (χ0n) is 11.6. The summed E-state index contributed by atoms with van der Waals surface area (Å²) in [5.41, 5.74) is 2.18. The van der Waals surface area contributed by atoms with Crippen LogP contribution in [0.3, 0.4) is 0 Å². The standard InChI is InChI=1S/C15H19N3OS/c1-19-13-4-2-3-12-14(13)16-15(20)18(12)11-7-8-17(9-11)10-5-6-10/h2-4,10-11H,5-9H2,1H3,(H,16,20). The molecular weight excluding hydrogens is 270 g/mol. The highest BCUT2D eigenvalue weighted by Gasteiger charge is 2.35. The van der Waals surface area contributed by atoms with Gasteiger partial charge in [-0.3, -0.25) is 4.90 Å². The van der Waals surface area contributed by atoms with Crippen molar-refractivity contribution >= 4 is 23.3 Å². The molecule has 1 unspecified atom stereocenters. The van der Waals surface area contributed by atoms with E-state index < -0.39 is 0 Å². The number of aromatic nitrogens is 2. The third-order valence-corrected chi connectivity index (χ3v) is 4.86. The third kappa shape index (κ3) is 1.88. The number of rotatable bonds is 3. The Morgan fingerprint density at radius 1 is 1.25 bits per heavy atom. The van der Waals surface area contributed by atoms with Crippen LogP contribution in [0.2, 0.25) is 0 Å². The molecule has 1 atom stereocenters. The maximum absolute atomic E-state index is 5.55. The Morgan fingerprint density at radius 3 is 2.85 bits per heavy atom. The van der Waals surface area contributed by atoms with Gasteiger partial charge >= 0.3 is 0 Å². The van der Waals surface area contributed by atoms with E-state index in [1.54, 1.807) is 7.11 Å². The largest absolute Gasteiger partial charge is 0.494 e. The van der Waals surface area contributed by atoms with E-state index in [2.05, 4.69) is 20.5 Å². The van der Waals surface area contributed by atoms with Crippen molar-refractivity contribution in [2.75, 3.05) is 20.2 Å². The van der Waals surface area contributed by atoms with Crippen molar-refractivity contribution in [2.24, 2.45) is 0 Å². The average molecular weight is 289 g/mol. The Balaban J connectivity index is 1.76. The van der Waals surface area contributed by atoms with Crippen LogP contribution in [0.1, 0.15) is 25.3 Å². The summed E-state index contributed by atoms with van der Waals surface area (Å²) in [5.74, 6) is 0.865. The molecule has 1 saturated heterocycles. The van der Waals surface area contributed by atoms with E-state index in [9.17, 15) is 0 Å². The first-order valence-electron chi connectivity index (χ1n) is 7.29. The van der Waals surface area contributed by atoms with Crippen molar-refractivity contribution < 1.29 is 4.74 Å². The molecule has 0 amide bonds. The van der Waals surface area contributed by atoms with E-state index in [-0.39, 0.29) is 0 Å². The highest BCUT2D eigenvalue weighted by atomic mass is 32.1. The lowest BCUT2D eigenvalue weighted by molar-refractivity contribution is 0.314. The monoisotopic (exact) mass is 289 g/mol. The van der Waals surface area contributed by atoms with E-state index in [0.717, 1.165) is 34.1 Å². The van der Waals surface area contributed by atoms with Gasteiger partial charge < -0.3 is 14.3 Å². The number of H-pyrrole nitrogens is 1. The molecular formula is C15H19N3OS. The first kappa shape index (κ1) is 12.4. The molecule has 5 heteroatoms. The van der Waals surface area contributed by atoms with Gasteiger partial charge in [0.25, 0.3) is 0 Å². The highest BCUT2D eigenvalue weighted by molar-refractivity contribution is 7.71. The summed E-state index contributed by atoms with van der Waals surface area (Å²) >= 11 is 5.55. The average Bonchev–Trinajstić information content (AvgIpc) is 3.09. The van der Waals surface area contributed by atoms with Crippen LogP contribution in [0.5, 0.6) is 5.75 Å². The molecule has 1 aliphatic heterocycles. The van der Waals surface area contributed by atoms with Crippen molar-refractivity contribution in [2.45, 2.75) is 31.3 Å². The molecule has 1 aromatic carbocycles. The van der Waals surface area contributed by atoms with Gasteiger partial charge in [0.2, 0.25) is 0 Å². The molecule has 4 rings (SSSR count). The number of para-hydroxylation sites is 1. The summed E-state index contributed by atoms with van der Waals surface area (Å²) in [7, 11) is 1.70. The zero-order valence-corrected chi connectivity index (χ0v) is 12.4. The van der Waals surface area contributed by atoms with Crippen LogP contribution in [0.15, 0.2) is 18.2 Å². The minimum Gasteiger partial charge on any atom is -0.494 e. The fourth-order valence-corrected chi connectivity index (χ4v) is 3.75. The number of fused-ring (bicyclic) bond motifs is 1. The van der Waals surface area contributed by atoms with Crippen LogP contribution >= 0.6 is 12.2 Å². The summed E-state index contributed by atoms with van der Waals surface area (Å²) in [6, 6.07) is 7.47. The smallest absolute Gasteiger partial charge is 0.178 e. The van der Waals surface area contributed by atoms with Gasteiger partial charge in [-0.25, -0.2) is 0 Å². The number of ether oxygens (including phenoxy) is 1. The summed E-state index contributed by atoms with van der Waals surface area (Å²) < 4.78 is 8.53. The number of aromatic amines is 1. The van der Waals surface area contributed by atoms with Gasteiger partial charge in [0.1, 0.15) is 11.3 Å². The van der Waals surface area contributed by atoms with Crippen LogP contribution in [-0.4, -0.2) is 40.7 Å². The normalized spacial score (nSPS) is 23.6. The molecule has 106 valence electrons. The minimum absolute atomic E-state index is 0.490. The molecule has 1 N–H and O–H groups in total. The molecule has 1 aliphatic carbocycles. The van der Waals surface area contributed by atoms with E-state index >= 15 is 0 Å². The van der Waals surface area contributed by atoms with E-state index in [1.807, 2.05) is 12.1 Å². The van der Waals surface area contributed by atoms with Crippen LogP contribution < -0.4 is 4.74 Å². The first-order chi connectivity index (χ1) is 9.78. The number of methoxy groups -OCH3 is 1. The van der Waals surface area contributed by atoms with Crippen LogP contribution in [-0.2, 0) is 0 Å². The van der Waals surface area contributed by atoms with Gasteiger partial charge in [-0.1, -0.05) is 6.07 Å². The molecule has 4 nitrogen and oxygen atoms in total. The van der Waals surface area contributed by atoms with Gasteiger partial charge in [0, 0.05) is 19.1 Å². The highest BCUT2D eigenvalue weighted by Crippen LogP contribution is 2.35. The van der Waals surface area contributed by atoms with E-state index in [0.29, 0.717) is 6.04 Å². The van der Waals surface area contributed by atoms with Crippen molar-refractivity contribution in [3.8, 4) is 5.75 Å². The van der Waals surface area contributed by atoms with Crippen LogP contribution in [0, 0.1) is 4.77 Å². The predicted molar refractivity (Wildman–Crippen MR) is 81.9 cm³/mol. The second-order valence-corrected chi connectivity index (χ2v) is 6.21. The Morgan fingerprint density at radius 2 is 2.10 bits per heavy atom. The number of nitrogens with one attached hydrogen (secondary N) is 1. The molecule has 2 aliphatic rings.